The number of benzene rings is 1. The van der Waals surface area contributed by atoms with Gasteiger partial charge >= 0.3 is 5.97 Å². The zero-order chi connectivity index (χ0) is 17.0. The number of nitrogens with zero attached hydrogens (tertiary/aromatic N) is 1. The minimum absolute atomic E-state index is 0.0516. The van der Waals surface area contributed by atoms with Crippen LogP contribution in [0.15, 0.2) is 30.3 Å². The molecule has 24 heavy (non-hydrogen) atoms. The van der Waals surface area contributed by atoms with Crippen LogP contribution in [-0.4, -0.2) is 55.2 Å². The van der Waals surface area contributed by atoms with Crippen molar-refractivity contribution in [3.8, 4) is 0 Å². The molecule has 1 heterocycles. The molecule has 0 radical (unpaired) electrons. The number of rotatable bonds is 7. The van der Waals surface area contributed by atoms with Gasteiger partial charge in [-0.25, -0.2) is 0 Å². The summed E-state index contributed by atoms with van der Waals surface area (Å²) in [5, 5.41) is 3.03. The van der Waals surface area contributed by atoms with Crippen LogP contribution >= 0.6 is 0 Å². The van der Waals surface area contributed by atoms with E-state index < -0.39 is 6.04 Å². The standard InChI is InChI=1S/C18H24N2O4/c1-23-17(22)16-18(8-9-18)20(15(21)12-19-16)10-5-11-24-13-14-6-3-2-4-7-14/h2-4,6-7,16,19H,5,8-13H2,1H3. The average molecular weight is 332 g/mol. The molecule has 1 saturated carbocycles. The van der Waals surface area contributed by atoms with E-state index in [1.165, 1.54) is 7.11 Å². The van der Waals surface area contributed by atoms with E-state index in [4.69, 9.17) is 9.47 Å². The second-order valence-corrected chi connectivity index (χ2v) is 6.38. The van der Waals surface area contributed by atoms with Gasteiger partial charge in [0.2, 0.25) is 5.91 Å². The number of carbonyl (C=O) groups excluding carboxylic acids is 2. The van der Waals surface area contributed by atoms with Gasteiger partial charge in [0, 0.05) is 13.2 Å². The third kappa shape index (κ3) is 3.44. The quantitative estimate of drug-likeness (QED) is 0.598. The SMILES string of the molecule is COC(=O)C1NCC(=O)N(CCCOCc2ccccc2)C12CC2. The lowest BCUT2D eigenvalue weighted by atomic mass is 10.00. The number of hydrogen-bond donors (Lipinski definition) is 1. The predicted molar refractivity (Wildman–Crippen MR) is 88.2 cm³/mol. The Hall–Kier alpha value is -1.92. The molecule has 1 unspecified atom stereocenters. The minimum Gasteiger partial charge on any atom is -0.468 e. The number of ether oxygens (including phenoxy) is 2. The van der Waals surface area contributed by atoms with Crippen LogP contribution in [0.5, 0.6) is 0 Å². The summed E-state index contributed by atoms with van der Waals surface area (Å²) in [6.45, 7) is 1.96. The van der Waals surface area contributed by atoms with E-state index in [0.29, 0.717) is 19.8 Å². The number of piperazine rings is 1. The molecule has 1 saturated heterocycles. The fraction of sp³-hybridized carbons (Fsp3) is 0.556. The Labute approximate surface area is 142 Å². The van der Waals surface area contributed by atoms with Crippen LogP contribution in [0.3, 0.4) is 0 Å². The lowest BCUT2D eigenvalue weighted by molar-refractivity contribution is -0.151. The molecule has 1 spiro atoms. The Morgan fingerprint density at radius 2 is 2.08 bits per heavy atom. The van der Waals surface area contributed by atoms with Crippen molar-refractivity contribution >= 4 is 11.9 Å². The number of hydrogen-bond acceptors (Lipinski definition) is 5. The number of carbonyl (C=O) groups is 2. The average Bonchev–Trinajstić information content (AvgIpc) is 3.38. The molecule has 1 aliphatic heterocycles. The van der Waals surface area contributed by atoms with E-state index in [0.717, 1.165) is 24.8 Å². The van der Waals surface area contributed by atoms with Crippen molar-refractivity contribution in [2.24, 2.45) is 0 Å². The van der Waals surface area contributed by atoms with Crippen molar-refractivity contribution in [3.63, 3.8) is 0 Å². The number of amides is 1. The lowest BCUT2D eigenvalue weighted by Gasteiger charge is -2.41. The number of methoxy groups -OCH3 is 1. The first-order valence-electron chi connectivity index (χ1n) is 8.41. The highest BCUT2D eigenvalue weighted by molar-refractivity contribution is 5.87. The smallest absolute Gasteiger partial charge is 0.325 e. The first-order chi connectivity index (χ1) is 11.7. The van der Waals surface area contributed by atoms with E-state index in [2.05, 4.69) is 5.32 Å². The number of esters is 1. The van der Waals surface area contributed by atoms with E-state index in [1.807, 2.05) is 35.2 Å². The highest BCUT2D eigenvalue weighted by Crippen LogP contribution is 2.46. The van der Waals surface area contributed by atoms with Crippen LogP contribution < -0.4 is 5.32 Å². The molecule has 2 fully saturated rings. The Morgan fingerprint density at radius 3 is 2.75 bits per heavy atom. The van der Waals surface area contributed by atoms with Crippen LogP contribution in [0.2, 0.25) is 0 Å². The first-order valence-corrected chi connectivity index (χ1v) is 8.41. The maximum Gasteiger partial charge on any atom is 0.325 e. The molecule has 130 valence electrons. The molecule has 6 heteroatoms. The summed E-state index contributed by atoms with van der Waals surface area (Å²) in [7, 11) is 1.39. The molecule has 1 aliphatic carbocycles. The van der Waals surface area contributed by atoms with Gasteiger partial charge in [-0.15, -0.1) is 0 Å². The molecule has 1 atom stereocenters. The topological polar surface area (TPSA) is 67.9 Å². The summed E-state index contributed by atoms with van der Waals surface area (Å²) < 4.78 is 10.6. The normalized spacial score (nSPS) is 21.8. The van der Waals surface area contributed by atoms with Gasteiger partial charge in [0.1, 0.15) is 6.04 Å². The van der Waals surface area contributed by atoms with Crippen molar-refractivity contribution in [1.29, 1.82) is 0 Å². The summed E-state index contributed by atoms with van der Waals surface area (Å²) in [5.74, 6) is -0.235. The van der Waals surface area contributed by atoms with Crippen LogP contribution in [0.1, 0.15) is 24.8 Å². The van der Waals surface area contributed by atoms with Crippen molar-refractivity contribution < 1.29 is 19.1 Å². The molecular weight excluding hydrogens is 308 g/mol. The first kappa shape index (κ1) is 16.9. The molecule has 3 rings (SSSR count). The van der Waals surface area contributed by atoms with E-state index in [9.17, 15) is 9.59 Å². The number of nitrogens with one attached hydrogen (secondary N) is 1. The lowest BCUT2D eigenvalue weighted by Crippen LogP contribution is -2.65. The minimum atomic E-state index is -0.412. The van der Waals surface area contributed by atoms with E-state index >= 15 is 0 Å². The Kier molecular flexibility index (Phi) is 5.16. The van der Waals surface area contributed by atoms with Gasteiger partial charge in [0.15, 0.2) is 0 Å². The summed E-state index contributed by atoms with van der Waals surface area (Å²) in [6, 6.07) is 9.60. The highest BCUT2D eigenvalue weighted by Gasteiger charge is 2.60. The molecule has 2 aliphatic rings. The van der Waals surface area contributed by atoms with Crippen molar-refractivity contribution in [1.82, 2.24) is 10.2 Å². The van der Waals surface area contributed by atoms with Crippen LogP contribution in [0, 0.1) is 0 Å². The van der Waals surface area contributed by atoms with Gasteiger partial charge in [0.05, 0.1) is 25.8 Å². The highest BCUT2D eigenvalue weighted by atomic mass is 16.5. The second kappa shape index (κ2) is 7.32. The van der Waals surface area contributed by atoms with Crippen LogP contribution in [0.4, 0.5) is 0 Å². The largest absolute Gasteiger partial charge is 0.468 e. The summed E-state index contributed by atoms with van der Waals surface area (Å²) >= 11 is 0. The molecule has 1 N–H and O–H groups in total. The van der Waals surface area contributed by atoms with Gasteiger partial charge in [-0.2, -0.15) is 0 Å². The van der Waals surface area contributed by atoms with Crippen molar-refractivity contribution in [3.05, 3.63) is 35.9 Å². The molecular formula is C18H24N2O4. The van der Waals surface area contributed by atoms with Gasteiger partial charge in [-0.05, 0) is 24.8 Å². The maximum absolute atomic E-state index is 12.3. The van der Waals surface area contributed by atoms with Gasteiger partial charge in [-0.1, -0.05) is 30.3 Å². The third-order valence-electron chi connectivity index (χ3n) is 4.81. The maximum atomic E-state index is 12.3. The fourth-order valence-corrected chi connectivity index (χ4v) is 3.42. The Bertz CT molecular complexity index is 586. The molecule has 0 aromatic heterocycles. The summed E-state index contributed by atoms with van der Waals surface area (Å²) in [5.41, 5.74) is 0.752. The zero-order valence-electron chi connectivity index (χ0n) is 14.0. The van der Waals surface area contributed by atoms with Crippen LogP contribution in [0.25, 0.3) is 0 Å². The molecule has 6 nitrogen and oxygen atoms in total. The van der Waals surface area contributed by atoms with E-state index in [-0.39, 0.29) is 24.0 Å². The Balaban J connectivity index is 1.48. The monoisotopic (exact) mass is 332 g/mol. The van der Waals surface area contributed by atoms with Crippen LogP contribution in [-0.2, 0) is 25.7 Å². The van der Waals surface area contributed by atoms with E-state index in [1.54, 1.807) is 0 Å². The predicted octanol–water partition coefficient (Wildman–Crippen LogP) is 1.10. The summed E-state index contributed by atoms with van der Waals surface area (Å²) in [4.78, 5) is 26.1. The van der Waals surface area contributed by atoms with Gasteiger partial charge < -0.3 is 14.4 Å². The molecule has 1 amide bonds. The van der Waals surface area contributed by atoms with Crippen molar-refractivity contribution in [2.45, 2.75) is 37.5 Å². The fourth-order valence-electron chi connectivity index (χ4n) is 3.42. The van der Waals surface area contributed by atoms with Gasteiger partial charge in [0.25, 0.3) is 0 Å². The van der Waals surface area contributed by atoms with Crippen molar-refractivity contribution in [2.75, 3.05) is 26.8 Å². The second-order valence-electron chi connectivity index (χ2n) is 6.38. The summed E-state index contributed by atoms with van der Waals surface area (Å²) in [6.07, 6.45) is 2.45. The third-order valence-corrected chi connectivity index (χ3v) is 4.81. The molecule has 1 aromatic rings. The van der Waals surface area contributed by atoms with Gasteiger partial charge in [-0.3, -0.25) is 14.9 Å². The zero-order valence-corrected chi connectivity index (χ0v) is 14.0. The Morgan fingerprint density at radius 1 is 1.33 bits per heavy atom. The molecule has 1 aromatic carbocycles. The molecule has 0 bridgehead atoms.